The van der Waals surface area contributed by atoms with Crippen LogP contribution in [0.5, 0.6) is 0 Å². The average molecular weight is 370 g/mol. The molecule has 2 amide bonds. The third kappa shape index (κ3) is 3.57. The zero-order valence-corrected chi connectivity index (χ0v) is 14.8. The van der Waals surface area contributed by atoms with Crippen molar-refractivity contribution in [2.45, 2.75) is 19.4 Å². The van der Waals surface area contributed by atoms with E-state index in [9.17, 15) is 9.59 Å². The maximum absolute atomic E-state index is 11.7. The Balaban J connectivity index is 1.97. The molecule has 0 aliphatic rings. The van der Waals surface area contributed by atoms with Crippen LogP contribution in [-0.4, -0.2) is 27.8 Å². The zero-order chi connectivity index (χ0) is 18.7. The Kier molecular flexibility index (Phi) is 4.99. The van der Waals surface area contributed by atoms with Gasteiger partial charge in [-0.15, -0.1) is 11.3 Å². The lowest BCUT2D eigenvalue weighted by molar-refractivity contribution is -0.118. The van der Waals surface area contributed by atoms with Gasteiger partial charge in [-0.1, -0.05) is 6.92 Å². The van der Waals surface area contributed by atoms with Crippen LogP contribution in [0.25, 0.3) is 10.2 Å². The molecule has 8 nitrogen and oxygen atoms in total. The van der Waals surface area contributed by atoms with Gasteiger partial charge >= 0.3 is 0 Å². The highest BCUT2D eigenvalue weighted by molar-refractivity contribution is 7.17. The fourth-order valence-electron chi connectivity index (χ4n) is 2.48. The quantitative estimate of drug-likeness (QED) is 0.503. The van der Waals surface area contributed by atoms with Gasteiger partial charge in [0.25, 0.3) is 5.91 Å². The average Bonchev–Trinajstić information content (AvgIpc) is 3.02. The van der Waals surface area contributed by atoms with Crippen LogP contribution in [0.3, 0.4) is 0 Å². The summed E-state index contributed by atoms with van der Waals surface area (Å²) in [5, 5.41) is 8.91. The van der Waals surface area contributed by atoms with Crippen LogP contribution in [0.1, 0.15) is 23.7 Å². The highest BCUT2D eigenvalue weighted by Gasteiger charge is 2.17. The first-order chi connectivity index (χ1) is 12.5. The Bertz CT molecular complexity index is 971. The number of thiophene rings is 1. The van der Waals surface area contributed by atoms with E-state index in [-0.39, 0.29) is 5.56 Å². The molecule has 26 heavy (non-hydrogen) atoms. The maximum Gasteiger partial charge on any atom is 0.252 e. The molecule has 0 spiro atoms. The van der Waals surface area contributed by atoms with Crippen molar-refractivity contribution in [3.8, 4) is 0 Å². The molecule has 0 fully saturated rings. The Hall–Kier alpha value is -3.20. The molecule has 0 aliphatic heterocycles. The second-order valence-corrected chi connectivity index (χ2v) is 6.45. The van der Waals surface area contributed by atoms with Crippen molar-refractivity contribution in [1.29, 1.82) is 0 Å². The molecule has 6 N–H and O–H groups in total. The minimum atomic E-state index is -0.605. The number of hydrogen-bond acceptors (Lipinski definition) is 7. The van der Waals surface area contributed by atoms with E-state index in [1.54, 1.807) is 18.3 Å². The summed E-state index contributed by atoms with van der Waals surface area (Å²) in [7, 11) is 0. The predicted octanol–water partition coefficient (Wildman–Crippen LogP) is 2.21. The van der Waals surface area contributed by atoms with Crippen LogP contribution < -0.4 is 22.1 Å². The zero-order valence-electron chi connectivity index (χ0n) is 14.0. The largest absolute Gasteiger partial charge is 0.368 e. The molecule has 0 aromatic carbocycles. The number of hydrogen-bond donors (Lipinski definition) is 4. The fourth-order valence-corrected chi connectivity index (χ4v) is 3.32. The van der Waals surface area contributed by atoms with Gasteiger partial charge in [0.2, 0.25) is 5.91 Å². The van der Waals surface area contributed by atoms with Crippen LogP contribution in [0.15, 0.2) is 35.8 Å². The molecule has 3 rings (SSSR count). The van der Waals surface area contributed by atoms with E-state index >= 15 is 0 Å². The number of primary amides is 2. The van der Waals surface area contributed by atoms with Crippen molar-refractivity contribution in [2.24, 2.45) is 11.5 Å². The van der Waals surface area contributed by atoms with E-state index in [0.29, 0.717) is 18.1 Å². The van der Waals surface area contributed by atoms with Gasteiger partial charge in [-0.05, 0) is 30.7 Å². The normalized spacial score (nSPS) is 11.9. The first-order valence-electron chi connectivity index (χ1n) is 7.95. The first-order valence-corrected chi connectivity index (χ1v) is 8.83. The Labute approximate surface area is 153 Å². The SMILES string of the molecule is CCC(Nc1ccc(C(N)=O)c(Nc2csc3ncccc23)n1)C(N)=O. The molecule has 9 heteroatoms. The number of nitrogens with zero attached hydrogens (tertiary/aromatic N) is 2. The minimum absolute atomic E-state index is 0.242. The van der Waals surface area contributed by atoms with Gasteiger partial charge in [-0.3, -0.25) is 9.59 Å². The summed E-state index contributed by atoms with van der Waals surface area (Å²) in [5.74, 6) is -0.366. The number of aromatic nitrogens is 2. The highest BCUT2D eigenvalue weighted by Crippen LogP contribution is 2.31. The third-order valence-corrected chi connectivity index (χ3v) is 4.74. The van der Waals surface area contributed by atoms with Crippen LogP contribution in [0, 0.1) is 0 Å². The summed E-state index contributed by atoms with van der Waals surface area (Å²) in [6, 6.07) is 6.35. The van der Waals surface area contributed by atoms with E-state index < -0.39 is 17.9 Å². The number of fused-ring (bicyclic) bond motifs is 1. The van der Waals surface area contributed by atoms with Gasteiger partial charge < -0.3 is 22.1 Å². The summed E-state index contributed by atoms with van der Waals surface area (Å²) >= 11 is 1.48. The number of pyridine rings is 2. The monoisotopic (exact) mass is 370 g/mol. The van der Waals surface area contributed by atoms with Gasteiger partial charge in [-0.25, -0.2) is 9.97 Å². The molecule has 0 bridgehead atoms. The molecule has 1 unspecified atom stereocenters. The summed E-state index contributed by atoms with van der Waals surface area (Å²) in [6.45, 7) is 1.84. The number of anilines is 3. The standard InChI is InChI=1S/C17H18N6O2S/c1-2-11(15(19)25)21-13-6-5-10(14(18)24)16(23-13)22-12-8-26-17-9(12)4-3-7-20-17/h3-8,11H,2H2,1H3,(H2,18,24)(H2,19,25)(H2,21,22,23). The van der Waals surface area contributed by atoms with Gasteiger partial charge in [0.1, 0.15) is 22.5 Å². The first kappa shape index (κ1) is 17.6. The van der Waals surface area contributed by atoms with Gasteiger partial charge in [0.15, 0.2) is 0 Å². The van der Waals surface area contributed by atoms with Crippen molar-refractivity contribution < 1.29 is 9.59 Å². The topological polar surface area (TPSA) is 136 Å². The van der Waals surface area contributed by atoms with E-state index in [2.05, 4.69) is 20.6 Å². The lowest BCUT2D eigenvalue weighted by Crippen LogP contribution is -2.35. The van der Waals surface area contributed by atoms with Crippen molar-refractivity contribution in [3.05, 3.63) is 41.4 Å². The van der Waals surface area contributed by atoms with Gasteiger partial charge in [0.05, 0.1) is 11.3 Å². The molecule has 3 aromatic heterocycles. The summed E-state index contributed by atoms with van der Waals surface area (Å²) in [6.07, 6.45) is 2.23. The lowest BCUT2D eigenvalue weighted by atomic mass is 10.2. The Morgan fingerprint density at radius 3 is 2.77 bits per heavy atom. The lowest BCUT2D eigenvalue weighted by Gasteiger charge is -2.16. The summed E-state index contributed by atoms with van der Waals surface area (Å²) < 4.78 is 0. The number of nitrogens with two attached hydrogens (primary N) is 2. The molecule has 3 aromatic rings. The van der Waals surface area contributed by atoms with E-state index in [1.165, 1.54) is 11.3 Å². The van der Waals surface area contributed by atoms with Crippen molar-refractivity contribution >= 4 is 50.7 Å². The maximum atomic E-state index is 11.7. The molecule has 0 aliphatic carbocycles. The predicted molar refractivity (Wildman–Crippen MR) is 103 cm³/mol. The smallest absolute Gasteiger partial charge is 0.252 e. The Morgan fingerprint density at radius 1 is 1.27 bits per heavy atom. The molecule has 3 heterocycles. The molecular formula is C17H18N6O2S. The molecule has 0 saturated heterocycles. The van der Waals surface area contributed by atoms with Crippen molar-refractivity contribution in [3.63, 3.8) is 0 Å². The second kappa shape index (κ2) is 7.36. The summed E-state index contributed by atoms with van der Waals surface area (Å²) in [5.41, 5.74) is 11.8. The number of amides is 2. The van der Waals surface area contributed by atoms with Crippen LogP contribution in [-0.2, 0) is 4.79 Å². The second-order valence-electron chi connectivity index (χ2n) is 5.59. The van der Waals surface area contributed by atoms with Crippen LogP contribution in [0.4, 0.5) is 17.3 Å². The number of carbonyl (C=O) groups is 2. The molecule has 134 valence electrons. The number of nitrogens with one attached hydrogen (secondary N) is 2. The molecule has 0 saturated carbocycles. The molecule has 0 radical (unpaired) electrons. The fraction of sp³-hybridized carbons (Fsp3) is 0.176. The van der Waals surface area contributed by atoms with Crippen LogP contribution >= 0.6 is 11.3 Å². The van der Waals surface area contributed by atoms with Gasteiger partial charge in [-0.2, -0.15) is 0 Å². The van der Waals surface area contributed by atoms with Crippen molar-refractivity contribution in [1.82, 2.24) is 9.97 Å². The van der Waals surface area contributed by atoms with Crippen molar-refractivity contribution in [2.75, 3.05) is 10.6 Å². The Morgan fingerprint density at radius 2 is 2.08 bits per heavy atom. The third-order valence-electron chi connectivity index (χ3n) is 3.84. The van der Waals surface area contributed by atoms with E-state index in [1.807, 2.05) is 24.4 Å². The summed E-state index contributed by atoms with van der Waals surface area (Å²) in [4.78, 5) is 32.7. The van der Waals surface area contributed by atoms with E-state index in [4.69, 9.17) is 11.5 Å². The van der Waals surface area contributed by atoms with E-state index in [0.717, 1.165) is 15.9 Å². The molecule has 1 atom stereocenters. The van der Waals surface area contributed by atoms with Gasteiger partial charge in [0, 0.05) is 17.0 Å². The van der Waals surface area contributed by atoms with Crippen LogP contribution in [0.2, 0.25) is 0 Å². The highest BCUT2D eigenvalue weighted by atomic mass is 32.1. The number of rotatable bonds is 7. The number of carbonyl (C=O) groups excluding carboxylic acids is 2. The molecular weight excluding hydrogens is 352 g/mol. The minimum Gasteiger partial charge on any atom is -0.368 e.